The number of fused-ring (bicyclic) bond motifs is 3. The lowest BCUT2D eigenvalue weighted by Crippen LogP contribution is -2.49. The third-order valence-corrected chi connectivity index (χ3v) is 4.47. The van der Waals surface area contributed by atoms with Gasteiger partial charge in [0.05, 0.1) is 0 Å². The van der Waals surface area contributed by atoms with Gasteiger partial charge in [-0.1, -0.05) is 6.92 Å². The van der Waals surface area contributed by atoms with Gasteiger partial charge in [-0.25, -0.2) is 0 Å². The third kappa shape index (κ3) is 1.15. The van der Waals surface area contributed by atoms with Crippen LogP contribution in [0.2, 0.25) is 0 Å². The molecule has 0 aromatic carbocycles. The summed E-state index contributed by atoms with van der Waals surface area (Å²) in [5.41, 5.74) is 0. The lowest BCUT2D eigenvalue weighted by atomic mass is 9.70. The molecule has 2 heterocycles. The minimum Gasteiger partial charge on any atom is -0.313 e. The lowest BCUT2D eigenvalue weighted by Gasteiger charge is -2.40. The minimum absolute atomic E-state index is 0.826. The maximum Gasteiger partial charge on any atom is 0.0140 e. The first-order valence-corrected chi connectivity index (χ1v) is 5.83. The molecular formula is C11H20N2. The summed E-state index contributed by atoms with van der Waals surface area (Å²) in [4.78, 5) is 0. The molecular weight excluding hydrogens is 160 g/mol. The molecule has 2 heteroatoms. The molecule has 2 nitrogen and oxygen atoms in total. The number of hydrogen-bond donors (Lipinski definition) is 2. The van der Waals surface area contributed by atoms with Gasteiger partial charge in [0, 0.05) is 12.1 Å². The highest BCUT2D eigenvalue weighted by atomic mass is 15.0. The fraction of sp³-hybridized carbons (Fsp3) is 1.00. The van der Waals surface area contributed by atoms with Gasteiger partial charge in [0.2, 0.25) is 0 Å². The van der Waals surface area contributed by atoms with Crippen LogP contribution in [0.4, 0.5) is 0 Å². The maximum absolute atomic E-state index is 3.71. The van der Waals surface area contributed by atoms with Crippen LogP contribution < -0.4 is 10.6 Å². The van der Waals surface area contributed by atoms with Gasteiger partial charge in [0.15, 0.2) is 0 Å². The van der Waals surface area contributed by atoms with E-state index in [0.717, 1.165) is 29.8 Å². The fourth-order valence-corrected chi connectivity index (χ4v) is 3.94. The highest BCUT2D eigenvalue weighted by Crippen LogP contribution is 2.41. The molecule has 74 valence electrons. The number of hydrogen-bond acceptors (Lipinski definition) is 2. The van der Waals surface area contributed by atoms with Crippen molar-refractivity contribution < 1.29 is 0 Å². The second-order valence-corrected chi connectivity index (χ2v) is 5.17. The summed E-state index contributed by atoms with van der Waals surface area (Å²) in [7, 11) is 0. The largest absolute Gasteiger partial charge is 0.313 e. The lowest BCUT2D eigenvalue weighted by molar-refractivity contribution is 0.156. The van der Waals surface area contributed by atoms with Gasteiger partial charge in [-0.15, -0.1) is 0 Å². The third-order valence-electron chi connectivity index (χ3n) is 4.47. The maximum atomic E-state index is 3.71. The molecule has 0 bridgehead atoms. The van der Waals surface area contributed by atoms with E-state index in [0.29, 0.717) is 0 Å². The summed E-state index contributed by atoms with van der Waals surface area (Å²) < 4.78 is 0. The second kappa shape index (κ2) is 2.96. The first kappa shape index (κ1) is 8.25. The molecule has 2 saturated heterocycles. The summed E-state index contributed by atoms with van der Waals surface area (Å²) in [5, 5.41) is 7.39. The van der Waals surface area contributed by atoms with Crippen molar-refractivity contribution in [2.75, 3.05) is 13.1 Å². The van der Waals surface area contributed by atoms with Crippen molar-refractivity contribution in [1.82, 2.24) is 10.6 Å². The first-order valence-electron chi connectivity index (χ1n) is 5.83. The molecule has 2 N–H and O–H groups in total. The zero-order chi connectivity index (χ0) is 8.84. The van der Waals surface area contributed by atoms with Crippen molar-refractivity contribution in [1.29, 1.82) is 0 Å². The van der Waals surface area contributed by atoms with Crippen molar-refractivity contribution in [2.24, 2.45) is 17.8 Å². The average Bonchev–Trinajstić information content (AvgIpc) is 2.66. The standard InChI is InChI=1S/C11H20N2/c1-7-6-8-2-4-13-11(8)9-3-5-12-10(7)9/h7-13H,2-6H2,1H3. The Morgan fingerprint density at radius 3 is 2.69 bits per heavy atom. The Morgan fingerprint density at radius 1 is 1.00 bits per heavy atom. The zero-order valence-electron chi connectivity index (χ0n) is 8.42. The molecule has 0 aromatic rings. The first-order chi connectivity index (χ1) is 6.36. The van der Waals surface area contributed by atoms with E-state index in [1.807, 2.05) is 0 Å². The highest BCUT2D eigenvalue weighted by Gasteiger charge is 2.46. The molecule has 2 aliphatic heterocycles. The predicted molar refractivity (Wildman–Crippen MR) is 53.6 cm³/mol. The Labute approximate surface area is 80.5 Å². The SMILES string of the molecule is CC1CC2CCNC2C2CCNC12. The topological polar surface area (TPSA) is 24.1 Å². The second-order valence-electron chi connectivity index (χ2n) is 5.17. The zero-order valence-corrected chi connectivity index (χ0v) is 8.42. The van der Waals surface area contributed by atoms with Crippen LogP contribution in [0.25, 0.3) is 0 Å². The quantitative estimate of drug-likeness (QED) is 0.581. The van der Waals surface area contributed by atoms with Gasteiger partial charge in [-0.05, 0) is 50.1 Å². The van der Waals surface area contributed by atoms with Gasteiger partial charge >= 0.3 is 0 Å². The summed E-state index contributed by atoms with van der Waals surface area (Å²) in [6.45, 7) is 4.96. The van der Waals surface area contributed by atoms with Crippen molar-refractivity contribution >= 4 is 0 Å². The molecule has 1 saturated carbocycles. The Bertz CT molecular complexity index is 204. The molecule has 5 atom stereocenters. The molecule has 3 rings (SSSR count). The summed E-state index contributed by atoms with van der Waals surface area (Å²) >= 11 is 0. The van der Waals surface area contributed by atoms with Crippen molar-refractivity contribution in [3.63, 3.8) is 0 Å². The van der Waals surface area contributed by atoms with Gasteiger partial charge < -0.3 is 10.6 Å². The Hall–Kier alpha value is -0.0800. The van der Waals surface area contributed by atoms with Crippen molar-refractivity contribution in [3.8, 4) is 0 Å². The molecule has 0 amide bonds. The summed E-state index contributed by atoms with van der Waals surface area (Å²) in [6, 6.07) is 1.68. The van der Waals surface area contributed by atoms with Crippen LogP contribution in [0.1, 0.15) is 26.2 Å². The number of nitrogens with one attached hydrogen (secondary N) is 2. The van der Waals surface area contributed by atoms with E-state index < -0.39 is 0 Å². The molecule has 0 aromatic heterocycles. The predicted octanol–water partition coefficient (Wildman–Crippen LogP) is 0.982. The van der Waals surface area contributed by atoms with Gasteiger partial charge in [0.25, 0.3) is 0 Å². The fourth-order valence-electron chi connectivity index (χ4n) is 3.94. The van der Waals surface area contributed by atoms with Crippen LogP contribution in [0.3, 0.4) is 0 Å². The normalized spacial score (nSPS) is 54.7. The van der Waals surface area contributed by atoms with Gasteiger partial charge in [0.1, 0.15) is 0 Å². The van der Waals surface area contributed by atoms with E-state index in [2.05, 4.69) is 17.6 Å². The van der Waals surface area contributed by atoms with Crippen LogP contribution in [0, 0.1) is 17.8 Å². The van der Waals surface area contributed by atoms with Gasteiger partial charge in [-0.2, -0.15) is 0 Å². The molecule has 5 unspecified atom stereocenters. The van der Waals surface area contributed by atoms with Gasteiger partial charge in [-0.3, -0.25) is 0 Å². The Kier molecular flexibility index (Phi) is 1.88. The van der Waals surface area contributed by atoms with E-state index in [9.17, 15) is 0 Å². The van der Waals surface area contributed by atoms with E-state index in [4.69, 9.17) is 0 Å². The van der Waals surface area contributed by atoms with E-state index >= 15 is 0 Å². The van der Waals surface area contributed by atoms with Crippen molar-refractivity contribution in [2.45, 2.75) is 38.3 Å². The Balaban J connectivity index is 1.84. The minimum atomic E-state index is 0.826. The number of rotatable bonds is 0. The average molecular weight is 180 g/mol. The molecule has 1 aliphatic carbocycles. The van der Waals surface area contributed by atoms with Crippen LogP contribution in [-0.2, 0) is 0 Å². The molecule has 3 aliphatic rings. The van der Waals surface area contributed by atoms with E-state index in [1.54, 1.807) is 0 Å². The smallest absolute Gasteiger partial charge is 0.0140 e. The molecule has 3 fully saturated rings. The van der Waals surface area contributed by atoms with Crippen molar-refractivity contribution in [3.05, 3.63) is 0 Å². The Morgan fingerprint density at radius 2 is 1.77 bits per heavy atom. The van der Waals surface area contributed by atoms with Crippen LogP contribution in [0.5, 0.6) is 0 Å². The molecule has 0 spiro atoms. The highest BCUT2D eigenvalue weighted by molar-refractivity contribution is 5.03. The van der Waals surface area contributed by atoms with Crippen LogP contribution in [-0.4, -0.2) is 25.2 Å². The molecule has 13 heavy (non-hydrogen) atoms. The monoisotopic (exact) mass is 180 g/mol. The molecule has 0 radical (unpaired) electrons. The van der Waals surface area contributed by atoms with E-state index in [1.165, 1.54) is 32.4 Å². The van der Waals surface area contributed by atoms with Crippen LogP contribution >= 0.6 is 0 Å². The summed E-state index contributed by atoms with van der Waals surface area (Å²) in [6.07, 6.45) is 4.28. The summed E-state index contributed by atoms with van der Waals surface area (Å²) in [5.74, 6) is 2.85. The van der Waals surface area contributed by atoms with E-state index in [-0.39, 0.29) is 0 Å². The van der Waals surface area contributed by atoms with Crippen LogP contribution in [0.15, 0.2) is 0 Å².